The number of rotatable bonds is 11. The first-order valence-corrected chi connectivity index (χ1v) is 14.9. The van der Waals surface area contributed by atoms with Crippen molar-refractivity contribution in [1.29, 1.82) is 0 Å². The molecular formula is C37H43BN+. The van der Waals surface area contributed by atoms with Gasteiger partial charge in [0.15, 0.2) is 6.20 Å². The second-order valence-corrected chi connectivity index (χ2v) is 10.3. The fourth-order valence-electron chi connectivity index (χ4n) is 5.48. The molecule has 0 radical (unpaired) electrons. The zero-order chi connectivity index (χ0) is 27.1. The molecular weight excluding hydrogens is 469 g/mol. The van der Waals surface area contributed by atoms with Crippen LogP contribution in [0.3, 0.4) is 0 Å². The van der Waals surface area contributed by atoms with Crippen molar-refractivity contribution < 1.29 is 4.57 Å². The molecule has 0 atom stereocenters. The van der Waals surface area contributed by atoms with Crippen LogP contribution in [-0.2, 0) is 13.0 Å². The molecule has 5 rings (SSSR count). The van der Waals surface area contributed by atoms with E-state index < -0.39 is 0 Å². The second kappa shape index (κ2) is 15.7. The molecule has 0 N–H and O–H groups in total. The molecule has 0 aliphatic heterocycles. The number of nitrogens with zero attached hydrogens (tertiary/aromatic N) is 1. The third-order valence-electron chi connectivity index (χ3n) is 7.56. The molecule has 0 fully saturated rings. The molecule has 0 aliphatic carbocycles. The number of benzene rings is 4. The van der Waals surface area contributed by atoms with E-state index in [9.17, 15) is 0 Å². The Kier molecular flexibility index (Phi) is 11.4. The monoisotopic (exact) mass is 512 g/mol. The van der Waals surface area contributed by atoms with Crippen molar-refractivity contribution in [2.45, 2.75) is 65.3 Å². The molecule has 1 heterocycles. The third kappa shape index (κ3) is 8.17. The second-order valence-electron chi connectivity index (χ2n) is 10.3. The molecule has 0 unspecified atom stereocenters. The van der Waals surface area contributed by atoms with Crippen LogP contribution in [0, 0.1) is 0 Å². The van der Waals surface area contributed by atoms with Crippen LogP contribution in [0.25, 0.3) is 10.9 Å². The summed E-state index contributed by atoms with van der Waals surface area (Å²) >= 11 is 0. The molecule has 39 heavy (non-hydrogen) atoms. The average Bonchev–Trinajstić information content (AvgIpc) is 3.01. The summed E-state index contributed by atoms with van der Waals surface area (Å²) in [5.41, 5.74) is 7.02. The van der Waals surface area contributed by atoms with Crippen molar-refractivity contribution >= 4 is 34.0 Å². The predicted molar refractivity (Wildman–Crippen MR) is 171 cm³/mol. The van der Waals surface area contributed by atoms with E-state index in [-0.39, 0.29) is 0 Å². The van der Waals surface area contributed by atoms with Crippen LogP contribution in [0.2, 0.25) is 0 Å². The van der Waals surface area contributed by atoms with Crippen molar-refractivity contribution in [3.8, 4) is 0 Å². The fourth-order valence-corrected chi connectivity index (χ4v) is 5.48. The van der Waals surface area contributed by atoms with Gasteiger partial charge in [0.25, 0.3) is 0 Å². The van der Waals surface area contributed by atoms with Gasteiger partial charge >= 0.3 is 0 Å². The zero-order valence-electron chi connectivity index (χ0n) is 23.8. The number of unbranched alkanes of at least 4 members (excludes halogenated alkanes) is 5. The Morgan fingerprint density at radius 3 is 1.79 bits per heavy atom. The number of hydrogen-bond acceptors (Lipinski definition) is 0. The minimum atomic E-state index is 0.309. The molecule has 2 heteroatoms. The van der Waals surface area contributed by atoms with Crippen LogP contribution in [-0.4, -0.2) is 6.71 Å². The SMILES string of the molecule is CCCCCCCCc1ccccc1B(c1ccccc1)c1ccccc1.CC[n+]1cccc2ccccc21. The highest BCUT2D eigenvalue weighted by Gasteiger charge is 2.23. The normalized spacial score (nSPS) is 10.6. The molecule has 0 amide bonds. The lowest BCUT2D eigenvalue weighted by Crippen LogP contribution is -2.53. The van der Waals surface area contributed by atoms with E-state index in [1.165, 1.54) is 77.8 Å². The van der Waals surface area contributed by atoms with Gasteiger partial charge in [-0.2, -0.15) is 4.57 Å². The summed E-state index contributed by atoms with van der Waals surface area (Å²) in [6, 6.07) is 43.6. The Bertz CT molecular complexity index is 1340. The van der Waals surface area contributed by atoms with Crippen LogP contribution in [0.5, 0.6) is 0 Å². The van der Waals surface area contributed by atoms with Crippen molar-refractivity contribution in [3.63, 3.8) is 0 Å². The van der Waals surface area contributed by atoms with Crippen LogP contribution >= 0.6 is 0 Å². The molecule has 1 nitrogen and oxygen atoms in total. The summed E-state index contributed by atoms with van der Waals surface area (Å²) in [4.78, 5) is 0. The zero-order valence-corrected chi connectivity index (χ0v) is 23.8. The number of aromatic nitrogens is 1. The van der Waals surface area contributed by atoms with E-state index >= 15 is 0 Å². The molecule has 1 aromatic heterocycles. The highest BCUT2D eigenvalue weighted by molar-refractivity contribution is 6.95. The molecule has 4 aromatic carbocycles. The Balaban J connectivity index is 0.000000243. The summed E-state index contributed by atoms with van der Waals surface area (Å²) in [7, 11) is 0. The Morgan fingerprint density at radius 2 is 1.10 bits per heavy atom. The smallest absolute Gasteiger partial charge is 0.199 e. The Hall–Kier alpha value is -3.65. The summed E-state index contributed by atoms with van der Waals surface area (Å²) < 4.78 is 2.25. The molecule has 198 valence electrons. The van der Waals surface area contributed by atoms with E-state index in [4.69, 9.17) is 0 Å². The van der Waals surface area contributed by atoms with Crippen LogP contribution < -0.4 is 21.0 Å². The van der Waals surface area contributed by atoms with Gasteiger partial charge in [-0.05, 0) is 31.9 Å². The predicted octanol–water partition coefficient (Wildman–Crippen LogP) is 7.25. The van der Waals surface area contributed by atoms with Gasteiger partial charge in [-0.25, -0.2) is 0 Å². The van der Waals surface area contributed by atoms with Crippen molar-refractivity contribution in [2.75, 3.05) is 0 Å². The van der Waals surface area contributed by atoms with Crippen LogP contribution in [0.1, 0.15) is 57.9 Å². The highest BCUT2D eigenvalue weighted by atomic mass is 14.9. The van der Waals surface area contributed by atoms with E-state index in [0.29, 0.717) is 6.71 Å². The van der Waals surface area contributed by atoms with E-state index in [0.717, 1.165) is 6.54 Å². The summed E-state index contributed by atoms with van der Waals surface area (Å²) in [6.07, 6.45) is 11.4. The Labute approximate surface area is 236 Å². The van der Waals surface area contributed by atoms with Gasteiger partial charge in [0, 0.05) is 17.5 Å². The molecule has 0 saturated carbocycles. The van der Waals surface area contributed by atoms with Gasteiger partial charge in [0.05, 0.1) is 0 Å². The van der Waals surface area contributed by atoms with Gasteiger partial charge in [-0.3, -0.25) is 0 Å². The molecule has 0 saturated heterocycles. The van der Waals surface area contributed by atoms with Gasteiger partial charge in [0.1, 0.15) is 6.54 Å². The van der Waals surface area contributed by atoms with Gasteiger partial charge in [-0.1, -0.05) is 158 Å². The molecule has 0 aliphatic rings. The number of aryl methyl sites for hydroxylation is 2. The van der Waals surface area contributed by atoms with E-state index in [1.807, 2.05) is 0 Å². The summed E-state index contributed by atoms with van der Waals surface area (Å²) in [5, 5.41) is 1.31. The first-order chi connectivity index (χ1) is 19.3. The van der Waals surface area contributed by atoms with Crippen LogP contribution in [0.15, 0.2) is 128 Å². The Morgan fingerprint density at radius 1 is 0.538 bits per heavy atom. The molecule has 5 aromatic rings. The number of pyridine rings is 1. The van der Waals surface area contributed by atoms with Crippen molar-refractivity contribution in [1.82, 2.24) is 0 Å². The first-order valence-electron chi connectivity index (χ1n) is 14.9. The van der Waals surface area contributed by atoms with Crippen molar-refractivity contribution in [3.05, 3.63) is 133 Å². The van der Waals surface area contributed by atoms with Gasteiger partial charge < -0.3 is 0 Å². The number of para-hydroxylation sites is 1. The van der Waals surface area contributed by atoms with Crippen molar-refractivity contribution in [2.24, 2.45) is 0 Å². The van der Waals surface area contributed by atoms with E-state index in [2.05, 4.69) is 146 Å². The first kappa shape index (κ1) is 28.4. The van der Waals surface area contributed by atoms with Crippen LogP contribution in [0.4, 0.5) is 0 Å². The number of hydrogen-bond donors (Lipinski definition) is 0. The standard InChI is InChI=1S/C26H31B.C11H12N/c1-2-3-4-5-6-9-16-23-17-14-15-22-26(23)27(24-18-10-7-11-19-24)25-20-12-8-13-21-25;1-2-12-9-5-7-10-6-3-4-8-11(10)12/h7-8,10-15,17-22H,2-6,9,16H2,1H3;3-9H,2H2,1H3/q;+1. The minimum Gasteiger partial charge on any atom is -0.199 e. The lowest BCUT2D eigenvalue weighted by molar-refractivity contribution is -0.667. The van der Waals surface area contributed by atoms with E-state index in [1.54, 1.807) is 0 Å². The molecule has 0 bridgehead atoms. The number of fused-ring (bicyclic) bond motifs is 1. The summed E-state index contributed by atoms with van der Waals surface area (Å²) in [5.74, 6) is 0. The largest absolute Gasteiger partial charge is 0.241 e. The van der Waals surface area contributed by atoms with Gasteiger partial charge in [-0.15, -0.1) is 0 Å². The maximum Gasteiger partial charge on any atom is 0.241 e. The minimum absolute atomic E-state index is 0.309. The quantitative estimate of drug-likeness (QED) is 0.0997. The van der Waals surface area contributed by atoms with Gasteiger partial charge in [0.2, 0.25) is 12.2 Å². The fraction of sp³-hybridized carbons (Fsp3) is 0.270. The summed E-state index contributed by atoms with van der Waals surface area (Å²) in [6.45, 7) is 5.78. The topological polar surface area (TPSA) is 3.88 Å². The molecule has 0 spiro atoms. The maximum absolute atomic E-state index is 2.33. The maximum atomic E-state index is 2.33. The lowest BCUT2D eigenvalue weighted by Gasteiger charge is -2.19. The third-order valence-corrected chi connectivity index (χ3v) is 7.56. The lowest BCUT2D eigenvalue weighted by atomic mass is 9.36. The average molecular weight is 513 g/mol. The highest BCUT2D eigenvalue weighted by Crippen LogP contribution is 2.10.